The maximum atomic E-state index is 4.62. The lowest BCUT2D eigenvalue weighted by atomic mass is 10.1. The van der Waals surface area contributed by atoms with Crippen molar-refractivity contribution in [3.8, 4) is 21.8 Å². The van der Waals surface area contributed by atoms with Gasteiger partial charge in [0.15, 0.2) is 0 Å². The topological polar surface area (TPSA) is 43.6 Å². The number of thioether (sulfide) groups is 1. The fourth-order valence-corrected chi connectivity index (χ4v) is 4.60. The molecule has 0 amide bonds. The summed E-state index contributed by atoms with van der Waals surface area (Å²) in [6, 6.07) is 10.4. The average molecular weight is 417 g/mol. The zero-order valence-electron chi connectivity index (χ0n) is 13.0. The molecule has 4 nitrogen and oxygen atoms in total. The van der Waals surface area contributed by atoms with Crippen LogP contribution in [0.25, 0.3) is 32.0 Å². The van der Waals surface area contributed by atoms with E-state index in [4.69, 9.17) is 0 Å². The molecule has 0 saturated carbocycles. The van der Waals surface area contributed by atoms with Gasteiger partial charge < -0.3 is 4.57 Å². The predicted octanol–water partition coefficient (Wildman–Crippen LogP) is 5.24. The summed E-state index contributed by atoms with van der Waals surface area (Å²) in [5.74, 6) is 0. The minimum absolute atomic E-state index is 0.982. The Labute approximate surface area is 156 Å². The molecule has 4 aromatic rings. The van der Waals surface area contributed by atoms with Crippen LogP contribution in [0.1, 0.15) is 0 Å². The van der Waals surface area contributed by atoms with E-state index in [1.807, 2.05) is 31.8 Å². The van der Waals surface area contributed by atoms with Gasteiger partial charge in [-0.3, -0.25) is 0 Å². The molecular weight excluding hydrogens is 404 g/mol. The summed E-state index contributed by atoms with van der Waals surface area (Å²) in [6.07, 6.45) is 5.53. The van der Waals surface area contributed by atoms with Crippen molar-refractivity contribution in [1.29, 1.82) is 0 Å². The monoisotopic (exact) mass is 416 g/mol. The minimum atomic E-state index is 0.982. The number of thiophene rings is 1. The second-order valence-corrected chi connectivity index (χ2v) is 8.01. The normalized spacial score (nSPS) is 11.3. The van der Waals surface area contributed by atoms with Crippen LogP contribution in [0.5, 0.6) is 0 Å². The van der Waals surface area contributed by atoms with E-state index in [1.165, 1.54) is 0 Å². The van der Waals surface area contributed by atoms with Crippen molar-refractivity contribution in [1.82, 2.24) is 19.5 Å². The van der Waals surface area contributed by atoms with E-state index >= 15 is 0 Å². The summed E-state index contributed by atoms with van der Waals surface area (Å²) in [7, 11) is 2.02. The van der Waals surface area contributed by atoms with Gasteiger partial charge in [-0.2, -0.15) is 0 Å². The van der Waals surface area contributed by atoms with Crippen LogP contribution in [0.2, 0.25) is 0 Å². The summed E-state index contributed by atoms with van der Waals surface area (Å²) in [6.45, 7) is 0. The van der Waals surface area contributed by atoms with E-state index < -0.39 is 0 Å². The number of imidazole rings is 1. The quantitative estimate of drug-likeness (QED) is 0.338. The van der Waals surface area contributed by atoms with Crippen molar-refractivity contribution in [3.63, 3.8) is 0 Å². The van der Waals surface area contributed by atoms with Gasteiger partial charge in [0.25, 0.3) is 0 Å². The van der Waals surface area contributed by atoms with Gasteiger partial charge in [0.1, 0.15) is 16.2 Å². The lowest BCUT2D eigenvalue weighted by Gasteiger charge is -2.04. The highest BCUT2D eigenvalue weighted by molar-refractivity contribution is 9.10. The molecule has 0 radical (unpaired) electrons. The molecule has 4 rings (SSSR count). The molecule has 0 aliphatic carbocycles. The highest BCUT2D eigenvalue weighted by Gasteiger charge is 2.17. The molecule has 0 fully saturated rings. The lowest BCUT2D eigenvalue weighted by molar-refractivity contribution is 0.923. The van der Waals surface area contributed by atoms with Crippen molar-refractivity contribution in [2.45, 2.75) is 5.03 Å². The Balaban J connectivity index is 1.91. The van der Waals surface area contributed by atoms with E-state index in [2.05, 4.69) is 53.6 Å². The Kier molecular flexibility index (Phi) is 4.15. The fraction of sp³-hybridized carbons (Fsp3) is 0.118. The van der Waals surface area contributed by atoms with Crippen molar-refractivity contribution < 1.29 is 0 Å². The Bertz CT molecular complexity index is 1020. The summed E-state index contributed by atoms with van der Waals surface area (Å²) >= 11 is 6.80. The van der Waals surface area contributed by atoms with Gasteiger partial charge in [-0.25, -0.2) is 15.0 Å². The van der Waals surface area contributed by atoms with Gasteiger partial charge in [0.05, 0.1) is 22.6 Å². The number of rotatable bonds is 3. The van der Waals surface area contributed by atoms with Crippen LogP contribution in [0.15, 0.2) is 52.5 Å². The Morgan fingerprint density at radius 1 is 1.12 bits per heavy atom. The SMILES string of the molecule is CSc1ncnc2sc(-c3c(-c4ccc(Br)cc4)ncn3C)cc12. The Morgan fingerprint density at radius 2 is 1.92 bits per heavy atom. The molecule has 1 aromatic carbocycles. The third-order valence-corrected chi connectivity index (χ3v) is 6.06. The Morgan fingerprint density at radius 3 is 2.67 bits per heavy atom. The van der Waals surface area contributed by atoms with Gasteiger partial charge in [-0.05, 0) is 24.5 Å². The predicted molar refractivity (Wildman–Crippen MR) is 105 cm³/mol. The molecule has 3 aromatic heterocycles. The molecule has 0 bridgehead atoms. The van der Waals surface area contributed by atoms with E-state index in [0.717, 1.165) is 41.5 Å². The number of aromatic nitrogens is 4. The molecule has 0 N–H and O–H groups in total. The van der Waals surface area contributed by atoms with E-state index in [0.29, 0.717) is 0 Å². The number of aryl methyl sites for hydroxylation is 1. The van der Waals surface area contributed by atoms with E-state index in [-0.39, 0.29) is 0 Å². The first-order valence-electron chi connectivity index (χ1n) is 7.23. The molecule has 0 spiro atoms. The first kappa shape index (κ1) is 15.8. The molecular formula is C17H13BrN4S2. The second-order valence-electron chi connectivity index (χ2n) is 5.27. The number of benzene rings is 1. The van der Waals surface area contributed by atoms with Crippen LogP contribution in [0.4, 0.5) is 0 Å². The Hall–Kier alpha value is -1.70. The van der Waals surface area contributed by atoms with Gasteiger partial charge in [0, 0.05) is 22.5 Å². The summed E-state index contributed by atoms with van der Waals surface area (Å²) in [4.78, 5) is 15.6. The maximum Gasteiger partial charge on any atom is 0.128 e. The highest BCUT2D eigenvalue weighted by Crippen LogP contribution is 2.39. The number of nitrogens with zero attached hydrogens (tertiary/aromatic N) is 4. The lowest BCUT2D eigenvalue weighted by Crippen LogP contribution is -1.89. The number of hydrogen-bond donors (Lipinski definition) is 0. The molecule has 0 atom stereocenters. The molecule has 24 heavy (non-hydrogen) atoms. The van der Waals surface area contributed by atoms with Crippen molar-refractivity contribution in [2.75, 3.05) is 6.26 Å². The average Bonchev–Trinajstić information content (AvgIpc) is 3.18. The van der Waals surface area contributed by atoms with E-state index in [1.54, 1.807) is 29.4 Å². The van der Waals surface area contributed by atoms with Crippen LogP contribution >= 0.6 is 39.0 Å². The zero-order valence-corrected chi connectivity index (χ0v) is 16.2. The first-order valence-corrected chi connectivity index (χ1v) is 10.1. The number of fused-ring (bicyclic) bond motifs is 1. The van der Waals surface area contributed by atoms with Gasteiger partial charge in [-0.15, -0.1) is 23.1 Å². The number of halogens is 1. The highest BCUT2D eigenvalue weighted by atomic mass is 79.9. The summed E-state index contributed by atoms with van der Waals surface area (Å²) in [5.41, 5.74) is 3.19. The van der Waals surface area contributed by atoms with Crippen LogP contribution in [0.3, 0.4) is 0 Å². The van der Waals surface area contributed by atoms with Crippen LogP contribution < -0.4 is 0 Å². The molecule has 3 heterocycles. The minimum Gasteiger partial charge on any atom is -0.333 e. The molecule has 0 unspecified atom stereocenters. The smallest absolute Gasteiger partial charge is 0.128 e. The zero-order chi connectivity index (χ0) is 16.7. The second kappa shape index (κ2) is 6.31. The van der Waals surface area contributed by atoms with Gasteiger partial charge in [-0.1, -0.05) is 28.1 Å². The fourth-order valence-electron chi connectivity index (χ4n) is 2.65. The molecule has 0 aliphatic heterocycles. The molecule has 7 heteroatoms. The van der Waals surface area contributed by atoms with Crippen LogP contribution in [0, 0.1) is 0 Å². The maximum absolute atomic E-state index is 4.62. The van der Waals surface area contributed by atoms with Crippen LogP contribution in [-0.4, -0.2) is 25.8 Å². The largest absolute Gasteiger partial charge is 0.333 e. The summed E-state index contributed by atoms with van der Waals surface area (Å²) in [5, 5.41) is 2.11. The van der Waals surface area contributed by atoms with Crippen molar-refractivity contribution in [2.24, 2.45) is 7.05 Å². The van der Waals surface area contributed by atoms with Gasteiger partial charge in [0.2, 0.25) is 0 Å². The molecule has 120 valence electrons. The standard InChI is InChI=1S/C17H13BrN4S2/c1-22-9-21-14(10-3-5-11(18)6-4-10)15(22)13-7-12-16(23-2)19-8-20-17(12)24-13/h3-9H,1-2H3. The molecule has 0 saturated heterocycles. The number of hydrogen-bond acceptors (Lipinski definition) is 5. The van der Waals surface area contributed by atoms with Gasteiger partial charge >= 0.3 is 0 Å². The van der Waals surface area contributed by atoms with Crippen molar-refractivity contribution >= 4 is 49.2 Å². The van der Waals surface area contributed by atoms with E-state index in [9.17, 15) is 0 Å². The van der Waals surface area contributed by atoms with Crippen molar-refractivity contribution in [3.05, 3.63) is 47.5 Å². The molecule has 0 aliphatic rings. The third kappa shape index (κ3) is 2.66. The van der Waals surface area contributed by atoms with Crippen LogP contribution in [-0.2, 0) is 7.05 Å². The third-order valence-electron chi connectivity index (χ3n) is 3.77. The summed E-state index contributed by atoms with van der Waals surface area (Å²) < 4.78 is 3.12. The first-order chi connectivity index (χ1) is 11.7.